The van der Waals surface area contributed by atoms with Crippen LogP contribution in [0.2, 0.25) is 0 Å². The second-order valence-electron chi connectivity index (χ2n) is 7.81. The normalized spacial score (nSPS) is 12.5. The summed E-state index contributed by atoms with van der Waals surface area (Å²) < 4.78 is 12.8. The number of ether oxygens (including phenoxy) is 2. The van der Waals surface area contributed by atoms with Crippen LogP contribution in [0.1, 0.15) is 24.5 Å². The SMILES string of the molecule is CSc1ccc(NC(=O)O[C@@H](c2cc(Br)ccc2O)[C@H](CC/C=C/C(=O)NO)Oc2ccccc2)cc1. The molecule has 4 N–H and O–H groups in total. The monoisotopic (exact) mass is 586 g/mol. The zero-order valence-electron chi connectivity index (χ0n) is 20.0. The molecule has 0 heterocycles. The van der Waals surface area contributed by atoms with Crippen molar-refractivity contribution in [2.45, 2.75) is 29.9 Å². The summed E-state index contributed by atoms with van der Waals surface area (Å²) in [6, 6.07) is 21.2. The molecule has 0 spiro atoms. The molecule has 0 unspecified atom stereocenters. The number of halogens is 1. The number of carbonyl (C=O) groups excluding carboxylic acids is 2. The fourth-order valence-electron chi connectivity index (χ4n) is 3.46. The molecule has 0 aliphatic heterocycles. The largest absolute Gasteiger partial charge is 0.508 e. The van der Waals surface area contributed by atoms with Gasteiger partial charge in [0.1, 0.15) is 17.6 Å². The third-order valence-electron chi connectivity index (χ3n) is 5.23. The molecule has 0 bridgehead atoms. The zero-order chi connectivity index (χ0) is 26.6. The van der Waals surface area contributed by atoms with E-state index in [1.165, 1.54) is 17.6 Å². The van der Waals surface area contributed by atoms with Gasteiger partial charge in [-0.15, -0.1) is 11.8 Å². The summed E-state index contributed by atoms with van der Waals surface area (Å²) in [6.45, 7) is 0. The van der Waals surface area contributed by atoms with Crippen molar-refractivity contribution < 1.29 is 29.4 Å². The maximum Gasteiger partial charge on any atom is 0.412 e. The molecule has 0 saturated heterocycles. The van der Waals surface area contributed by atoms with E-state index in [1.54, 1.807) is 54.2 Å². The summed E-state index contributed by atoms with van der Waals surface area (Å²) in [5.74, 6) is -0.187. The van der Waals surface area contributed by atoms with Gasteiger partial charge in [0.05, 0.1) is 0 Å². The Kier molecular flexibility index (Phi) is 10.9. The Morgan fingerprint density at radius 1 is 1.08 bits per heavy atom. The zero-order valence-corrected chi connectivity index (χ0v) is 22.4. The number of hydroxylamine groups is 1. The average molecular weight is 587 g/mol. The first-order valence-electron chi connectivity index (χ1n) is 11.3. The Morgan fingerprint density at radius 3 is 2.49 bits per heavy atom. The highest BCUT2D eigenvalue weighted by Crippen LogP contribution is 2.36. The maximum atomic E-state index is 13.0. The van der Waals surface area contributed by atoms with Gasteiger partial charge in [-0.25, -0.2) is 10.3 Å². The third-order valence-corrected chi connectivity index (χ3v) is 6.47. The minimum atomic E-state index is -1.01. The summed E-state index contributed by atoms with van der Waals surface area (Å²) in [5, 5.41) is 22.1. The van der Waals surface area contributed by atoms with Gasteiger partial charge in [0.2, 0.25) is 0 Å². The molecule has 37 heavy (non-hydrogen) atoms. The Balaban J connectivity index is 1.90. The first kappa shape index (κ1) is 28.1. The van der Waals surface area contributed by atoms with Crippen LogP contribution in [0, 0.1) is 0 Å². The number of para-hydroxylation sites is 1. The minimum absolute atomic E-state index is 0.0674. The predicted octanol–water partition coefficient (Wildman–Crippen LogP) is 6.46. The highest BCUT2D eigenvalue weighted by Gasteiger charge is 2.31. The molecular formula is C27H27BrN2O6S. The van der Waals surface area contributed by atoms with Crippen LogP contribution < -0.4 is 15.5 Å². The lowest BCUT2D eigenvalue weighted by Crippen LogP contribution is -2.31. The van der Waals surface area contributed by atoms with Crippen molar-refractivity contribution in [1.29, 1.82) is 0 Å². The Labute approximate surface area is 227 Å². The number of benzene rings is 3. The number of hydrogen-bond acceptors (Lipinski definition) is 7. The van der Waals surface area contributed by atoms with Crippen LogP contribution in [0.15, 0.2) is 94.3 Å². The molecular weight excluding hydrogens is 560 g/mol. The quantitative estimate of drug-likeness (QED) is 0.0881. The van der Waals surface area contributed by atoms with E-state index in [0.717, 1.165) is 4.90 Å². The van der Waals surface area contributed by atoms with Gasteiger partial charge >= 0.3 is 6.09 Å². The van der Waals surface area contributed by atoms with Crippen molar-refractivity contribution in [3.05, 3.63) is 95.0 Å². The molecule has 2 atom stereocenters. The molecule has 0 radical (unpaired) electrons. The molecule has 3 aromatic rings. The van der Waals surface area contributed by atoms with Gasteiger partial charge in [-0.05, 0) is 73.7 Å². The summed E-state index contributed by atoms with van der Waals surface area (Å²) in [5.41, 5.74) is 2.44. The van der Waals surface area contributed by atoms with Crippen LogP contribution in [0.25, 0.3) is 0 Å². The molecule has 3 rings (SSSR count). The average Bonchev–Trinajstić information content (AvgIpc) is 2.91. The van der Waals surface area contributed by atoms with Crippen LogP contribution in [0.4, 0.5) is 10.5 Å². The first-order chi connectivity index (χ1) is 17.9. The number of thioether (sulfide) groups is 1. The highest BCUT2D eigenvalue weighted by atomic mass is 79.9. The lowest BCUT2D eigenvalue weighted by Gasteiger charge is -2.28. The van der Waals surface area contributed by atoms with E-state index in [-0.39, 0.29) is 5.75 Å². The Bertz CT molecular complexity index is 1210. The van der Waals surface area contributed by atoms with Crippen molar-refractivity contribution in [3.8, 4) is 11.5 Å². The fraction of sp³-hybridized carbons (Fsp3) is 0.185. The predicted molar refractivity (Wildman–Crippen MR) is 146 cm³/mol. The van der Waals surface area contributed by atoms with Gasteiger partial charge in [-0.2, -0.15) is 0 Å². The Morgan fingerprint density at radius 2 is 1.81 bits per heavy atom. The molecule has 0 saturated carbocycles. The first-order valence-corrected chi connectivity index (χ1v) is 13.3. The molecule has 10 heteroatoms. The van der Waals surface area contributed by atoms with Gasteiger partial charge < -0.3 is 14.6 Å². The molecule has 0 aromatic heterocycles. The molecule has 194 valence electrons. The van der Waals surface area contributed by atoms with Crippen LogP contribution >= 0.6 is 27.7 Å². The second kappa shape index (κ2) is 14.3. The number of hydrogen-bond donors (Lipinski definition) is 4. The van der Waals surface area contributed by atoms with Crippen LogP contribution in [-0.2, 0) is 9.53 Å². The number of amides is 2. The number of aromatic hydroxyl groups is 1. The molecule has 3 aromatic carbocycles. The topological polar surface area (TPSA) is 117 Å². The smallest absolute Gasteiger partial charge is 0.412 e. The lowest BCUT2D eigenvalue weighted by molar-refractivity contribution is -0.124. The van der Waals surface area contributed by atoms with Crippen molar-refractivity contribution in [3.63, 3.8) is 0 Å². The Hall–Kier alpha value is -3.47. The van der Waals surface area contributed by atoms with Gasteiger partial charge in [-0.3, -0.25) is 15.3 Å². The van der Waals surface area contributed by atoms with Gasteiger partial charge in [0, 0.05) is 26.7 Å². The van der Waals surface area contributed by atoms with E-state index < -0.39 is 24.2 Å². The van der Waals surface area contributed by atoms with Gasteiger partial charge in [-0.1, -0.05) is 40.2 Å². The van der Waals surface area contributed by atoms with Crippen LogP contribution in [0.5, 0.6) is 11.5 Å². The summed E-state index contributed by atoms with van der Waals surface area (Å²) in [4.78, 5) is 25.4. The number of rotatable bonds is 11. The highest BCUT2D eigenvalue weighted by molar-refractivity contribution is 9.10. The molecule has 2 amide bonds. The van der Waals surface area contributed by atoms with Gasteiger partial charge in [0.15, 0.2) is 6.10 Å². The molecule has 0 aliphatic rings. The van der Waals surface area contributed by atoms with Crippen molar-refractivity contribution >= 4 is 45.4 Å². The minimum Gasteiger partial charge on any atom is -0.508 e. The number of anilines is 1. The van der Waals surface area contributed by atoms with E-state index in [0.29, 0.717) is 34.3 Å². The second-order valence-corrected chi connectivity index (χ2v) is 9.60. The van der Waals surface area contributed by atoms with Crippen molar-refractivity contribution in [2.75, 3.05) is 11.6 Å². The molecule has 0 fully saturated rings. The number of allylic oxidation sites excluding steroid dienone is 1. The molecule has 0 aliphatic carbocycles. The van der Waals surface area contributed by atoms with E-state index in [9.17, 15) is 14.7 Å². The summed E-state index contributed by atoms with van der Waals surface area (Å²) in [6.07, 6.45) is 2.92. The van der Waals surface area contributed by atoms with Crippen LogP contribution in [0.3, 0.4) is 0 Å². The number of carbonyl (C=O) groups is 2. The number of phenolic OH excluding ortho intramolecular Hbond substituents is 1. The maximum absolute atomic E-state index is 13.0. The number of nitrogens with one attached hydrogen (secondary N) is 2. The van der Waals surface area contributed by atoms with E-state index >= 15 is 0 Å². The summed E-state index contributed by atoms with van der Waals surface area (Å²) in [7, 11) is 0. The number of phenols is 1. The summed E-state index contributed by atoms with van der Waals surface area (Å²) >= 11 is 5.00. The van der Waals surface area contributed by atoms with Crippen molar-refractivity contribution in [1.82, 2.24) is 5.48 Å². The van der Waals surface area contributed by atoms with E-state index in [1.807, 2.05) is 36.6 Å². The standard InChI is InChI=1S/C27H27BrN2O6S/c1-37-21-14-12-19(13-15-21)29-27(33)36-26(22-17-18(28)11-16-23(22)31)24(9-5-6-10-25(32)30-34)35-20-7-3-2-4-8-20/h2-4,6-8,10-17,24,26,31,34H,5,9H2,1H3,(H,29,33)(H,30,32)/b10-6+/t24-,26-/m0/s1. The van der Waals surface area contributed by atoms with E-state index in [4.69, 9.17) is 14.7 Å². The lowest BCUT2D eigenvalue weighted by atomic mass is 9.99. The van der Waals surface area contributed by atoms with Gasteiger partial charge in [0.25, 0.3) is 5.91 Å². The molecule has 8 nitrogen and oxygen atoms in total. The fourth-order valence-corrected chi connectivity index (χ4v) is 4.25. The van der Waals surface area contributed by atoms with Crippen molar-refractivity contribution in [2.24, 2.45) is 0 Å². The third kappa shape index (κ3) is 8.85. The van der Waals surface area contributed by atoms with E-state index in [2.05, 4.69) is 21.2 Å². The van der Waals surface area contributed by atoms with Crippen LogP contribution in [-0.4, -0.2) is 34.7 Å².